The fourth-order valence-corrected chi connectivity index (χ4v) is 3.95. The van der Waals surface area contributed by atoms with Crippen molar-refractivity contribution in [1.29, 1.82) is 0 Å². The molecule has 4 rings (SSSR count). The molecule has 9 heteroatoms. The van der Waals surface area contributed by atoms with Crippen LogP contribution >= 0.6 is 11.3 Å². The molecule has 146 valence electrons. The molecule has 2 aromatic heterocycles. The van der Waals surface area contributed by atoms with Crippen LogP contribution in [0.15, 0.2) is 54.0 Å². The van der Waals surface area contributed by atoms with Gasteiger partial charge in [-0.15, -0.1) is 11.3 Å². The minimum absolute atomic E-state index is 0.0890. The van der Waals surface area contributed by atoms with Crippen LogP contribution in [0.1, 0.15) is 39.3 Å². The van der Waals surface area contributed by atoms with Crippen LogP contribution in [0.4, 0.5) is 19.0 Å². The molecule has 3 heterocycles. The summed E-state index contributed by atoms with van der Waals surface area (Å²) in [4.78, 5) is 13.5. The molecule has 1 aliphatic heterocycles. The molecule has 1 amide bonds. The van der Waals surface area contributed by atoms with Crippen LogP contribution in [0.5, 0.6) is 0 Å². The zero-order valence-electron chi connectivity index (χ0n) is 14.6. The molecule has 1 aromatic carbocycles. The third-order valence-corrected chi connectivity index (χ3v) is 5.56. The molecular formula is C19H17F3N4OS. The fraction of sp³-hybridized carbons (Fsp3) is 0.263. The molecule has 0 aliphatic carbocycles. The number of nitrogens with one attached hydrogen (secondary N) is 2. The molecule has 5 nitrogen and oxygen atoms in total. The Balaban J connectivity index is 1.64. The van der Waals surface area contributed by atoms with Crippen molar-refractivity contribution >= 4 is 23.1 Å². The van der Waals surface area contributed by atoms with Gasteiger partial charge in [0.1, 0.15) is 11.4 Å². The van der Waals surface area contributed by atoms with E-state index in [0.717, 1.165) is 15.1 Å². The Kier molecular flexibility index (Phi) is 4.84. The molecule has 0 fully saturated rings. The summed E-state index contributed by atoms with van der Waals surface area (Å²) in [5, 5.41) is 11.6. The summed E-state index contributed by atoms with van der Waals surface area (Å²) >= 11 is 1.49. The highest BCUT2D eigenvalue weighted by Gasteiger charge is 2.47. The lowest BCUT2D eigenvalue weighted by molar-refractivity contribution is -0.173. The number of hydrogen-bond donors (Lipinski definition) is 2. The number of nitrogens with zero attached hydrogens (tertiary/aromatic N) is 2. The molecule has 0 spiro atoms. The Morgan fingerprint density at radius 2 is 2.04 bits per heavy atom. The van der Waals surface area contributed by atoms with Gasteiger partial charge in [0.2, 0.25) is 0 Å². The predicted molar refractivity (Wildman–Crippen MR) is 100 cm³/mol. The third kappa shape index (κ3) is 3.62. The van der Waals surface area contributed by atoms with E-state index >= 15 is 0 Å². The zero-order valence-corrected chi connectivity index (χ0v) is 15.4. The second-order valence-electron chi connectivity index (χ2n) is 6.51. The van der Waals surface area contributed by atoms with Crippen LogP contribution in [0.3, 0.4) is 0 Å². The van der Waals surface area contributed by atoms with Crippen molar-refractivity contribution in [1.82, 2.24) is 15.1 Å². The highest BCUT2D eigenvalue weighted by Crippen LogP contribution is 2.44. The first-order chi connectivity index (χ1) is 13.4. The number of carbonyl (C=O) groups is 1. The summed E-state index contributed by atoms with van der Waals surface area (Å²) < 4.78 is 41.9. The molecule has 0 saturated heterocycles. The highest BCUT2D eigenvalue weighted by atomic mass is 32.1. The molecular weight excluding hydrogens is 389 g/mol. The van der Waals surface area contributed by atoms with Gasteiger partial charge in [0.05, 0.1) is 18.8 Å². The summed E-state index contributed by atoms with van der Waals surface area (Å²) in [6.45, 7) is 0.311. The monoisotopic (exact) mass is 406 g/mol. The number of aromatic nitrogens is 2. The van der Waals surface area contributed by atoms with Gasteiger partial charge in [-0.25, -0.2) is 4.68 Å². The molecule has 1 aliphatic rings. The third-order valence-electron chi connectivity index (χ3n) is 4.69. The maximum atomic E-state index is 13.7. The lowest BCUT2D eigenvalue weighted by Crippen LogP contribution is -2.36. The molecule has 28 heavy (non-hydrogen) atoms. The molecule has 2 atom stereocenters. The molecule has 2 N–H and O–H groups in total. The fourth-order valence-electron chi connectivity index (χ4n) is 3.31. The number of hydrogen-bond acceptors (Lipinski definition) is 4. The zero-order chi connectivity index (χ0) is 19.7. The summed E-state index contributed by atoms with van der Waals surface area (Å²) in [7, 11) is 0. The number of alkyl halides is 3. The van der Waals surface area contributed by atoms with Gasteiger partial charge >= 0.3 is 6.18 Å². The van der Waals surface area contributed by atoms with Gasteiger partial charge in [-0.3, -0.25) is 4.79 Å². The van der Waals surface area contributed by atoms with Crippen LogP contribution in [-0.2, 0) is 6.54 Å². The van der Waals surface area contributed by atoms with E-state index < -0.39 is 24.2 Å². The second-order valence-corrected chi connectivity index (χ2v) is 7.55. The van der Waals surface area contributed by atoms with Crippen molar-refractivity contribution in [2.75, 3.05) is 5.32 Å². The maximum absolute atomic E-state index is 13.7. The summed E-state index contributed by atoms with van der Waals surface area (Å²) in [6.07, 6.45) is -3.47. The number of amides is 1. The van der Waals surface area contributed by atoms with E-state index in [1.165, 1.54) is 17.5 Å². The van der Waals surface area contributed by atoms with Gasteiger partial charge in [0.15, 0.2) is 6.04 Å². The van der Waals surface area contributed by atoms with E-state index in [-0.39, 0.29) is 17.8 Å². The van der Waals surface area contributed by atoms with Gasteiger partial charge in [0, 0.05) is 11.3 Å². The first-order valence-electron chi connectivity index (χ1n) is 8.70. The average Bonchev–Trinajstić information content (AvgIpc) is 3.35. The van der Waals surface area contributed by atoms with E-state index in [0.29, 0.717) is 6.54 Å². The van der Waals surface area contributed by atoms with Crippen LogP contribution in [0.25, 0.3) is 0 Å². The van der Waals surface area contributed by atoms with Crippen molar-refractivity contribution in [2.45, 2.75) is 31.2 Å². The van der Waals surface area contributed by atoms with Crippen molar-refractivity contribution in [3.63, 3.8) is 0 Å². The second kappa shape index (κ2) is 7.31. The number of fused-ring (bicyclic) bond motifs is 1. The lowest BCUT2D eigenvalue weighted by atomic mass is 9.96. The Morgan fingerprint density at radius 1 is 1.25 bits per heavy atom. The van der Waals surface area contributed by atoms with Crippen molar-refractivity contribution in [3.8, 4) is 0 Å². The topological polar surface area (TPSA) is 59.0 Å². The van der Waals surface area contributed by atoms with Crippen molar-refractivity contribution < 1.29 is 18.0 Å². The minimum Gasteiger partial charge on any atom is -0.363 e. The Hall–Kier alpha value is -2.81. The molecule has 0 saturated carbocycles. The molecule has 0 radical (unpaired) electrons. The van der Waals surface area contributed by atoms with E-state index in [9.17, 15) is 18.0 Å². The smallest absolute Gasteiger partial charge is 0.363 e. The Morgan fingerprint density at radius 3 is 2.71 bits per heavy atom. The Labute approximate surface area is 163 Å². The van der Waals surface area contributed by atoms with Crippen LogP contribution in [0, 0.1) is 0 Å². The summed E-state index contributed by atoms with van der Waals surface area (Å²) in [5.41, 5.74) is 0.834. The van der Waals surface area contributed by atoms with Crippen LogP contribution in [0.2, 0.25) is 0 Å². The first-order valence-corrected chi connectivity index (χ1v) is 9.57. The quantitative estimate of drug-likeness (QED) is 0.669. The molecule has 3 aromatic rings. The number of rotatable bonds is 4. The number of halogens is 3. The van der Waals surface area contributed by atoms with E-state index in [1.807, 2.05) is 17.5 Å². The minimum atomic E-state index is -4.47. The average molecular weight is 406 g/mol. The summed E-state index contributed by atoms with van der Waals surface area (Å²) in [5.74, 6) is -0.372. The number of thiophene rings is 1. The van der Waals surface area contributed by atoms with Crippen molar-refractivity contribution in [2.24, 2.45) is 0 Å². The van der Waals surface area contributed by atoms with Crippen molar-refractivity contribution in [3.05, 3.63) is 70.0 Å². The number of benzene rings is 1. The standard InChI is InChI=1S/C19H17F3N4OS/c20-19(21,22)16-9-15(12-5-2-1-3-6-12)25-17-14(11-24-26(16)17)18(27)23-10-13-7-4-8-28-13/h1-8,11,15-16,25H,9-10H2,(H,23,27)/t15-,16-/m1/s1. The van der Waals surface area contributed by atoms with Gasteiger partial charge in [-0.05, 0) is 17.0 Å². The number of anilines is 1. The van der Waals surface area contributed by atoms with Gasteiger partial charge < -0.3 is 10.6 Å². The highest BCUT2D eigenvalue weighted by molar-refractivity contribution is 7.09. The van der Waals surface area contributed by atoms with Gasteiger partial charge in [-0.1, -0.05) is 36.4 Å². The first kappa shape index (κ1) is 18.5. The van der Waals surface area contributed by atoms with E-state index in [4.69, 9.17) is 0 Å². The summed E-state index contributed by atoms with van der Waals surface area (Å²) in [6, 6.07) is 10.3. The van der Waals surface area contributed by atoms with Gasteiger partial charge in [0.25, 0.3) is 5.91 Å². The van der Waals surface area contributed by atoms with Crippen LogP contribution < -0.4 is 10.6 Å². The van der Waals surface area contributed by atoms with Gasteiger partial charge in [-0.2, -0.15) is 18.3 Å². The molecule has 0 unspecified atom stereocenters. The normalized spacial score (nSPS) is 19.0. The van der Waals surface area contributed by atoms with E-state index in [2.05, 4.69) is 15.7 Å². The lowest BCUT2D eigenvalue weighted by Gasteiger charge is -2.34. The maximum Gasteiger partial charge on any atom is 0.410 e. The predicted octanol–water partition coefficient (Wildman–Crippen LogP) is 4.53. The van der Waals surface area contributed by atoms with E-state index in [1.54, 1.807) is 30.3 Å². The SMILES string of the molecule is O=C(NCc1cccs1)c1cnn2c1N[C@@H](c1ccccc1)C[C@@H]2C(F)(F)F. The Bertz CT molecular complexity index is 953. The number of carbonyl (C=O) groups excluding carboxylic acids is 1. The largest absolute Gasteiger partial charge is 0.410 e. The van der Waals surface area contributed by atoms with Crippen LogP contribution in [-0.4, -0.2) is 21.9 Å². The molecule has 0 bridgehead atoms.